The average molecular weight is 307 g/mol. The maximum Gasteiger partial charge on any atom is 0.314 e. The van der Waals surface area contributed by atoms with E-state index in [0.29, 0.717) is 19.7 Å². The normalized spacial score (nSPS) is 11.4. The lowest BCUT2D eigenvalue weighted by Gasteiger charge is -2.19. The number of nitrogens with zero attached hydrogens (tertiary/aromatic N) is 1. The lowest BCUT2D eigenvalue weighted by molar-refractivity contribution is 0.235. The molecule has 0 spiro atoms. The van der Waals surface area contributed by atoms with Crippen molar-refractivity contribution in [1.29, 1.82) is 0 Å². The maximum atomic E-state index is 11.5. The van der Waals surface area contributed by atoms with E-state index >= 15 is 0 Å². The van der Waals surface area contributed by atoms with Crippen molar-refractivity contribution in [2.24, 2.45) is 0 Å². The largest absolute Gasteiger partial charge is 0.492 e. The standard InChI is InChI=1S/C17H29N3O2/c1-17(2,3)14-7-6-8-15(13-14)22-12-10-19-16(21)18-9-11-20(4)5/h6-8,13H,9-12H2,1-5H3,(H2,18,19,21). The summed E-state index contributed by atoms with van der Waals surface area (Å²) >= 11 is 0. The van der Waals surface area contributed by atoms with E-state index in [2.05, 4.69) is 43.5 Å². The Labute approximate surface area is 134 Å². The van der Waals surface area contributed by atoms with Crippen LogP contribution < -0.4 is 15.4 Å². The minimum absolute atomic E-state index is 0.101. The van der Waals surface area contributed by atoms with E-state index in [1.165, 1.54) is 5.56 Å². The predicted molar refractivity (Wildman–Crippen MR) is 90.6 cm³/mol. The van der Waals surface area contributed by atoms with Gasteiger partial charge in [0, 0.05) is 13.1 Å². The zero-order valence-corrected chi connectivity index (χ0v) is 14.4. The monoisotopic (exact) mass is 307 g/mol. The summed E-state index contributed by atoms with van der Waals surface area (Å²) in [7, 11) is 3.94. The van der Waals surface area contributed by atoms with Gasteiger partial charge < -0.3 is 20.3 Å². The number of urea groups is 1. The molecule has 1 rings (SSSR count). The summed E-state index contributed by atoms with van der Waals surface area (Å²) in [5.74, 6) is 0.835. The van der Waals surface area contributed by atoms with E-state index < -0.39 is 0 Å². The van der Waals surface area contributed by atoms with E-state index in [0.717, 1.165) is 12.3 Å². The van der Waals surface area contributed by atoms with Crippen molar-refractivity contribution in [3.8, 4) is 5.75 Å². The molecule has 0 saturated heterocycles. The molecule has 0 aliphatic carbocycles. The molecule has 22 heavy (non-hydrogen) atoms. The molecule has 0 atom stereocenters. The second-order valence-electron chi connectivity index (χ2n) is 6.61. The van der Waals surface area contributed by atoms with E-state index in [4.69, 9.17) is 4.74 Å². The van der Waals surface area contributed by atoms with Crippen LogP contribution in [0.15, 0.2) is 24.3 Å². The second-order valence-corrected chi connectivity index (χ2v) is 6.61. The van der Waals surface area contributed by atoms with Crippen LogP contribution in [0, 0.1) is 0 Å². The third kappa shape index (κ3) is 7.31. The third-order valence-electron chi connectivity index (χ3n) is 3.20. The zero-order chi connectivity index (χ0) is 16.6. The SMILES string of the molecule is CN(C)CCNC(=O)NCCOc1cccc(C(C)(C)C)c1. The number of ether oxygens (including phenoxy) is 1. The van der Waals surface area contributed by atoms with Gasteiger partial charge in [0.1, 0.15) is 12.4 Å². The van der Waals surface area contributed by atoms with Crippen LogP contribution in [0.25, 0.3) is 0 Å². The van der Waals surface area contributed by atoms with Gasteiger partial charge in [-0.3, -0.25) is 0 Å². The van der Waals surface area contributed by atoms with Gasteiger partial charge in [-0.15, -0.1) is 0 Å². The molecule has 0 aliphatic rings. The van der Waals surface area contributed by atoms with Gasteiger partial charge in [-0.25, -0.2) is 4.79 Å². The van der Waals surface area contributed by atoms with Gasteiger partial charge in [0.2, 0.25) is 0 Å². The van der Waals surface area contributed by atoms with E-state index in [-0.39, 0.29) is 11.4 Å². The molecule has 0 aliphatic heterocycles. The summed E-state index contributed by atoms with van der Waals surface area (Å²) in [6, 6.07) is 7.93. The van der Waals surface area contributed by atoms with Crippen LogP contribution in [0.2, 0.25) is 0 Å². The summed E-state index contributed by atoms with van der Waals surface area (Å²) in [4.78, 5) is 13.5. The van der Waals surface area contributed by atoms with E-state index in [1.807, 2.05) is 31.1 Å². The Balaban J connectivity index is 2.26. The first-order chi connectivity index (χ1) is 10.3. The molecule has 0 aromatic heterocycles. The summed E-state index contributed by atoms with van der Waals surface area (Å²) in [5.41, 5.74) is 1.34. The molecular formula is C17H29N3O2. The van der Waals surface area contributed by atoms with Crippen LogP contribution in [-0.4, -0.2) is 51.3 Å². The van der Waals surface area contributed by atoms with Gasteiger partial charge in [-0.05, 0) is 37.2 Å². The Hall–Kier alpha value is -1.75. The van der Waals surface area contributed by atoms with Crippen molar-refractivity contribution in [2.75, 3.05) is 40.3 Å². The number of carbonyl (C=O) groups is 1. The number of nitrogens with one attached hydrogen (secondary N) is 2. The molecule has 0 radical (unpaired) electrons. The summed E-state index contributed by atoms with van der Waals surface area (Å²) in [6.45, 7) is 8.91. The first kappa shape index (κ1) is 18.3. The quantitative estimate of drug-likeness (QED) is 0.760. The highest BCUT2D eigenvalue weighted by atomic mass is 16.5. The Bertz CT molecular complexity index is 467. The van der Waals surface area contributed by atoms with Crippen molar-refractivity contribution in [1.82, 2.24) is 15.5 Å². The lowest BCUT2D eigenvalue weighted by Crippen LogP contribution is -2.40. The molecule has 0 bridgehead atoms. The molecule has 0 saturated carbocycles. The Morgan fingerprint density at radius 1 is 1.18 bits per heavy atom. The number of rotatable bonds is 7. The fourth-order valence-corrected chi connectivity index (χ4v) is 1.84. The molecule has 0 heterocycles. The van der Waals surface area contributed by atoms with Crippen LogP contribution >= 0.6 is 0 Å². The van der Waals surface area contributed by atoms with Crippen molar-refractivity contribution in [2.45, 2.75) is 26.2 Å². The highest BCUT2D eigenvalue weighted by molar-refractivity contribution is 5.73. The number of hydrogen-bond acceptors (Lipinski definition) is 3. The summed E-state index contributed by atoms with van der Waals surface area (Å²) in [6.07, 6.45) is 0. The van der Waals surface area contributed by atoms with Crippen LogP contribution in [0.3, 0.4) is 0 Å². The topological polar surface area (TPSA) is 53.6 Å². The number of amides is 2. The molecular weight excluding hydrogens is 278 g/mol. The molecule has 5 nitrogen and oxygen atoms in total. The van der Waals surface area contributed by atoms with Crippen molar-refractivity contribution in [3.05, 3.63) is 29.8 Å². The highest BCUT2D eigenvalue weighted by Gasteiger charge is 2.13. The lowest BCUT2D eigenvalue weighted by atomic mass is 9.87. The number of benzene rings is 1. The predicted octanol–water partition coefficient (Wildman–Crippen LogP) is 2.22. The van der Waals surface area contributed by atoms with Gasteiger partial charge in [-0.2, -0.15) is 0 Å². The van der Waals surface area contributed by atoms with Crippen LogP contribution in [0.4, 0.5) is 4.79 Å². The van der Waals surface area contributed by atoms with Gasteiger partial charge in [0.15, 0.2) is 0 Å². The van der Waals surface area contributed by atoms with E-state index in [1.54, 1.807) is 0 Å². The Morgan fingerprint density at radius 2 is 1.86 bits per heavy atom. The Kier molecular flexibility index (Phi) is 7.18. The molecule has 2 N–H and O–H groups in total. The third-order valence-corrected chi connectivity index (χ3v) is 3.20. The molecule has 5 heteroatoms. The zero-order valence-electron chi connectivity index (χ0n) is 14.4. The molecule has 124 valence electrons. The fraction of sp³-hybridized carbons (Fsp3) is 0.588. The number of carbonyl (C=O) groups excluding carboxylic acids is 1. The maximum absolute atomic E-state index is 11.5. The Morgan fingerprint density at radius 3 is 2.50 bits per heavy atom. The van der Waals surface area contributed by atoms with Crippen LogP contribution in [0.1, 0.15) is 26.3 Å². The van der Waals surface area contributed by atoms with Crippen molar-refractivity contribution < 1.29 is 9.53 Å². The summed E-state index contributed by atoms with van der Waals surface area (Å²) in [5, 5.41) is 5.57. The minimum atomic E-state index is -0.158. The number of likely N-dealkylation sites (N-methyl/N-ethyl adjacent to an activating group) is 1. The van der Waals surface area contributed by atoms with Crippen molar-refractivity contribution >= 4 is 6.03 Å². The first-order valence-electron chi connectivity index (χ1n) is 7.69. The van der Waals surface area contributed by atoms with Gasteiger partial charge in [-0.1, -0.05) is 32.9 Å². The highest BCUT2D eigenvalue weighted by Crippen LogP contribution is 2.25. The van der Waals surface area contributed by atoms with Crippen molar-refractivity contribution in [3.63, 3.8) is 0 Å². The first-order valence-corrected chi connectivity index (χ1v) is 7.69. The minimum Gasteiger partial charge on any atom is -0.492 e. The van der Waals surface area contributed by atoms with Gasteiger partial charge in [0.05, 0.1) is 6.54 Å². The molecule has 1 aromatic carbocycles. The second kappa shape index (κ2) is 8.63. The van der Waals surface area contributed by atoms with Gasteiger partial charge >= 0.3 is 6.03 Å². The molecule has 0 fully saturated rings. The van der Waals surface area contributed by atoms with E-state index in [9.17, 15) is 4.79 Å². The molecule has 0 unspecified atom stereocenters. The van der Waals surface area contributed by atoms with Crippen LogP contribution in [0.5, 0.6) is 5.75 Å². The smallest absolute Gasteiger partial charge is 0.314 e. The molecule has 2 amide bonds. The van der Waals surface area contributed by atoms with Crippen LogP contribution in [-0.2, 0) is 5.41 Å². The summed E-state index contributed by atoms with van der Waals surface area (Å²) < 4.78 is 5.68. The molecule has 1 aromatic rings. The van der Waals surface area contributed by atoms with Gasteiger partial charge in [0.25, 0.3) is 0 Å². The fourth-order valence-electron chi connectivity index (χ4n) is 1.84. The average Bonchev–Trinajstić information content (AvgIpc) is 2.42. The number of hydrogen-bond donors (Lipinski definition) is 2.